The fraction of sp³-hybridized carbons (Fsp3) is 0. The zero-order chi connectivity index (χ0) is 2.71. The van der Waals surface area contributed by atoms with Crippen molar-refractivity contribution in [2.45, 2.75) is 0 Å². The van der Waals surface area contributed by atoms with E-state index in [-0.39, 0.29) is 55.7 Å². The molecule has 0 aromatic heterocycles. The Hall–Kier alpha value is 1.95. The van der Waals surface area contributed by atoms with Crippen LogP contribution in [0.4, 0.5) is 0 Å². The molecule has 9 N–H and O–H groups in total. The molecule has 0 aromatic rings. The van der Waals surface area contributed by atoms with Crippen LogP contribution in [0.25, 0.3) is 0 Å². The molecule has 0 unspecified atom stereocenters. The Bertz CT molecular complexity index is 12.2. The van der Waals surface area contributed by atoms with Gasteiger partial charge >= 0.3 is 34.5 Å². The number of rotatable bonds is 0. The Morgan fingerprint density at radius 2 is 0.667 bits per heavy atom. The summed E-state index contributed by atoms with van der Waals surface area (Å²) in [6.45, 7) is 0. The molecule has 0 saturated heterocycles. The fourth-order valence-electron chi connectivity index (χ4n) is 0. The quantitative estimate of drug-likeness (QED) is 0.598. The first kappa shape index (κ1) is 69.4. The van der Waals surface area contributed by atoms with E-state index in [0.717, 1.165) is 0 Å². The van der Waals surface area contributed by atoms with Crippen molar-refractivity contribution in [1.29, 1.82) is 0 Å². The van der Waals surface area contributed by atoms with E-state index in [0.29, 0.717) is 0 Å². The Morgan fingerprint density at radius 1 is 0.667 bits per heavy atom. The van der Waals surface area contributed by atoms with Gasteiger partial charge in [0.05, 0.1) is 0 Å². The number of hydrogen-bond acceptors (Lipinski definition) is 3. The summed E-state index contributed by atoms with van der Waals surface area (Å²) in [6, 6.07) is 0. The van der Waals surface area contributed by atoms with Crippen LogP contribution in [0.15, 0.2) is 0 Å². The summed E-state index contributed by atoms with van der Waals surface area (Å²) in [5.74, 6) is 0. The minimum atomic E-state index is -0.931. The van der Waals surface area contributed by atoms with E-state index in [2.05, 4.69) is 0 Å². The van der Waals surface area contributed by atoms with Gasteiger partial charge in [-0.2, -0.15) is 0 Å². The molecule has 0 saturated carbocycles. The predicted octanol–water partition coefficient (Wildman–Crippen LogP) is 3.13. The van der Waals surface area contributed by atoms with Crippen molar-refractivity contribution in [3.05, 3.63) is 0 Å². The van der Waals surface area contributed by atoms with Gasteiger partial charge in [0.2, 0.25) is 0 Å². The third kappa shape index (κ3) is 165. The van der Waals surface area contributed by atoms with E-state index in [4.69, 9.17) is 19.4 Å². The van der Waals surface area contributed by atoms with Crippen LogP contribution >= 0.6 is 56.6 Å². The van der Waals surface area contributed by atoms with Crippen molar-refractivity contribution in [1.82, 2.24) is 18.5 Å². The SMILES string of the molecule is Cl.Cl.Cl.N.N.N.[Cl][Zn][Cl]. The second kappa shape index (κ2) is 91.5. The van der Waals surface area contributed by atoms with Crippen LogP contribution in [0.5, 0.6) is 0 Å². The zero-order valence-electron chi connectivity index (χ0n) is 4.81. The molecule has 9 heteroatoms. The standard InChI is InChI=1S/5ClH.3H3N.Zn/h5*1H;3*1H3;/q;;;;;;;;+2/p-2. The van der Waals surface area contributed by atoms with Crippen LogP contribution in [0.3, 0.4) is 0 Å². The summed E-state index contributed by atoms with van der Waals surface area (Å²) in [5, 5.41) is 0. The molecule has 0 bridgehead atoms. The van der Waals surface area contributed by atoms with E-state index in [1.165, 1.54) is 0 Å². The van der Waals surface area contributed by atoms with Gasteiger partial charge in [0.1, 0.15) is 0 Å². The molecule has 0 aliphatic rings. The van der Waals surface area contributed by atoms with E-state index in [9.17, 15) is 0 Å². The van der Waals surface area contributed by atoms with E-state index in [1.807, 2.05) is 0 Å². The third-order valence-electron chi connectivity index (χ3n) is 0. The van der Waals surface area contributed by atoms with Crippen LogP contribution in [0, 0.1) is 0 Å². The Labute approximate surface area is 89.7 Å². The molecule has 64 valence electrons. The Morgan fingerprint density at radius 3 is 0.667 bits per heavy atom. The maximum atomic E-state index is 4.95. The van der Waals surface area contributed by atoms with Crippen molar-refractivity contribution < 1.29 is 15.1 Å². The average molecular weight is 297 g/mol. The number of halogens is 5. The van der Waals surface area contributed by atoms with Gasteiger partial charge < -0.3 is 18.5 Å². The van der Waals surface area contributed by atoms with Gasteiger partial charge in [-0.3, -0.25) is 0 Å². The molecule has 0 fully saturated rings. The molecule has 0 aromatic carbocycles. The molecule has 0 amide bonds. The molecule has 3 nitrogen and oxygen atoms in total. The summed E-state index contributed by atoms with van der Waals surface area (Å²) >= 11 is -0.931. The molecule has 0 aliphatic heterocycles. The van der Waals surface area contributed by atoms with Crippen molar-refractivity contribution in [3.8, 4) is 0 Å². The predicted molar refractivity (Wildman–Crippen MR) is 48.5 cm³/mol. The van der Waals surface area contributed by atoms with Crippen molar-refractivity contribution >= 4 is 56.6 Å². The summed E-state index contributed by atoms with van der Waals surface area (Å²) in [5.41, 5.74) is 0. The Kier molecular flexibility index (Phi) is 706. The van der Waals surface area contributed by atoms with Crippen LogP contribution in [-0.2, 0) is 15.1 Å². The molecule has 0 radical (unpaired) electrons. The molecule has 0 spiro atoms. The molecule has 0 rings (SSSR count). The van der Waals surface area contributed by atoms with E-state index < -0.39 is 15.1 Å². The summed E-state index contributed by atoms with van der Waals surface area (Å²) < 4.78 is 0. The molecule has 0 heterocycles. The summed E-state index contributed by atoms with van der Waals surface area (Å²) in [7, 11) is 9.90. The molecular formula is H12Cl5N3Zn. The first-order chi connectivity index (χ1) is 1.41. The second-order valence-electron chi connectivity index (χ2n) is 0.101. The maximum absolute atomic E-state index is 4.95. The van der Waals surface area contributed by atoms with Gasteiger partial charge in [0, 0.05) is 0 Å². The van der Waals surface area contributed by atoms with Gasteiger partial charge in [-0.1, -0.05) is 0 Å². The monoisotopic (exact) mass is 293 g/mol. The van der Waals surface area contributed by atoms with Gasteiger partial charge in [0.15, 0.2) is 0 Å². The van der Waals surface area contributed by atoms with Crippen LogP contribution in [-0.4, -0.2) is 0 Å². The van der Waals surface area contributed by atoms with Gasteiger partial charge in [-0.15, -0.1) is 37.2 Å². The Balaban J connectivity index is -0.00000000133. The number of hydrogen-bond donors (Lipinski definition) is 3. The molecule has 0 atom stereocenters. The van der Waals surface area contributed by atoms with Crippen molar-refractivity contribution in [2.75, 3.05) is 0 Å². The summed E-state index contributed by atoms with van der Waals surface area (Å²) in [4.78, 5) is 0. The fourth-order valence-corrected chi connectivity index (χ4v) is 0. The van der Waals surface area contributed by atoms with Gasteiger partial charge in [0.25, 0.3) is 0 Å². The van der Waals surface area contributed by atoms with E-state index >= 15 is 0 Å². The normalized spacial score (nSPS) is 1.11. The van der Waals surface area contributed by atoms with Crippen LogP contribution < -0.4 is 18.5 Å². The third-order valence-corrected chi connectivity index (χ3v) is 0. The second-order valence-corrected chi connectivity index (χ2v) is 4.72. The van der Waals surface area contributed by atoms with Gasteiger partial charge in [-0.05, 0) is 0 Å². The first-order valence-corrected chi connectivity index (χ1v) is 8.33. The van der Waals surface area contributed by atoms with Gasteiger partial charge in [-0.25, -0.2) is 0 Å². The van der Waals surface area contributed by atoms with Crippen LogP contribution in [0.2, 0.25) is 0 Å². The topological polar surface area (TPSA) is 105 Å². The first-order valence-electron chi connectivity index (χ1n) is 0.535. The molecular weight excluding hydrogens is 285 g/mol. The minimum absolute atomic E-state index is 0. The molecule has 0 aliphatic carbocycles. The van der Waals surface area contributed by atoms with E-state index in [1.54, 1.807) is 0 Å². The van der Waals surface area contributed by atoms with Crippen LogP contribution in [0.1, 0.15) is 0 Å². The zero-order valence-corrected chi connectivity index (χ0v) is 11.7. The van der Waals surface area contributed by atoms with Crippen molar-refractivity contribution in [3.63, 3.8) is 0 Å². The average Bonchev–Trinajstić information content (AvgIpc) is 0.918. The van der Waals surface area contributed by atoms with Crippen molar-refractivity contribution in [2.24, 2.45) is 0 Å². The summed E-state index contributed by atoms with van der Waals surface area (Å²) in [6.07, 6.45) is 0. The molecule has 9 heavy (non-hydrogen) atoms.